The topological polar surface area (TPSA) is 41.8 Å². The molecule has 106 valence electrons. The van der Waals surface area contributed by atoms with Crippen molar-refractivity contribution < 1.29 is 9.84 Å². The average molecular weight is 263 g/mol. The van der Waals surface area contributed by atoms with Gasteiger partial charge in [-0.2, -0.15) is 0 Å². The Hall–Kier alpha value is -1.51. The number of benzene rings is 1. The highest BCUT2D eigenvalue weighted by Gasteiger charge is 2.23. The number of nitrogens with zero attached hydrogens (tertiary/aromatic N) is 1. The maximum Gasteiger partial charge on any atom is 0.161 e. The Kier molecular flexibility index (Phi) is 4.61. The minimum atomic E-state index is -0.108. The number of phenols is 1. The molecule has 19 heavy (non-hydrogen) atoms. The van der Waals surface area contributed by atoms with Crippen LogP contribution >= 0.6 is 0 Å². The van der Waals surface area contributed by atoms with Gasteiger partial charge in [0.1, 0.15) is 0 Å². The molecule has 3 nitrogen and oxygen atoms in total. The molecular weight excluding hydrogens is 238 g/mol. The van der Waals surface area contributed by atoms with Crippen molar-refractivity contribution in [3.63, 3.8) is 0 Å². The van der Waals surface area contributed by atoms with E-state index in [1.165, 1.54) is 0 Å². The predicted octanol–water partition coefficient (Wildman–Crippen LogP) is 4.03. The average Bonchev–Trinajstić information content (AvgIpc) is 2.25. The van der Waals surface area contributed by atoms with Crippen molar-refractivity contribution in [2.24, 2.45) is 10.4 Å². The summed E-state index contributed by atoms with van der Waals surface area (Å²) in [4.78, 5) is 4.65. The van der Waals surface area contributed by atoms with Gasteiger partial charge >= 0.3 is 0 Å². The number of aromatic hydroxyl groups is 1. The maximum absolute atomic E-state index is 9.55. The Morgan fingerprint density at radius 1 is 1.21 bits per heavy atom. The molecule has 0 aliphatic carbocycles. The third kappa shape index (κ3) is 5.33. The largest absolute Gasteiger partial charge is 0.504 e. The van der Waals surface area contributed by atoms with Gasteiger partial charge in [0.2, 0.25) is 0 Å². The van der Waals surface area contributed by atoms with E-state index in [2.05, 4.69) is 39.6 Å². The molecule has 0 unspecified atom stereocenters. The molecular formula is C16H25NO2. The first-order valence-electron chi connectivity index (χ1n) is 6.55. The molecule has 3 heteroatoms. The van der Waals surface area contributed by atoms with Gasteiger partial charge < -0.3 is 9.84 Å². The lowest BCUT2D eigenvalue weighted by molar-refractivity contribution is 0.289. The van der Waals surface area contributed by atoms with Crippen LogP contribution in [0.25, 0.3) is 0 Å². The van der Waals surface area contributed by atoms with E-state index in [1.54, 1.807) is 19.2 Å². The van der Waals surface area contributed by atoms with E-state index in [-0.39, 0.29) is 16.7 Å². The third-order valence-electron chi connectivity index (χ3n) is 2.73. The molecule has 0 aliphatic rings. The van der Waals surface area contributed by atoms with E-state index in [1.807, 2.05) is 12.3 Å². The number of aliphatic imine (C=N–C) groups is 1. The number of rotatable bonds is 4. The molecule has 0 saturated carbocycles. The highest BCUT2D eigenvalue weighted by Crippen LogP contribution is 2.30. The molecule has 0 aromatic heterocycles. The molecule has 0 amide bonds. The van der Waals surface area contributed by atoms with Crippen LogP contribution in [0.5, 0.6) is 11.5 Å². The lowest BCUT2D eigenvalue weighted by Gasteiger charge is -2.29. The second-order valence-corrected chi connectivity index (χ2v) is 6.74. The second-order valence-electron chi connectivity index (χ2n) is 6.74. The fourth-order valence-corrected chi connectivity index (χ4v) is 2.37. The molecule has 0 saturated heterocycles. The number of hydrogen-bond acceptors (Lipinski definition) is 3. The molecule has 1 N–H and O–H groups in total. The second kappa shape index (κ2) is 5.64. The fraction of sp³-hybridized carbons (Fsp3) is 0.562. The Labute approximate surface area is 116 Å². The first kappa shape index (κ1) is 15.5. The first-order chi connectivity index (χ1) is 8.63. The summed E-state index contributed by atoms with van der Waals surface area (Å²) in [6.07, 6.45) is 2.85. The summed E-state index contributed by atoms with van der Waals surface area (Å²) in [5, 5.41) is 9.55. The quantitative estimate of drug-likeness (QED) is 0.833. The molecule has 0 fully saturated rings. The zero-order valence-corrected chi connectivity index (χ0v) is 12.8. The van der Waals surface area contributed by atoms with Crippen molar-refractivity contribution in [2.75, 3.05) is 7.11 Å². The van der Waals surface area contributed by atoms with Crippen LogP contribution in [0.15, 0.2) is 23.2 Å². The van der Waals surface area contributed by atoms with Crippen molar-refractivity contribution in [3.8, 4) is 11.5 Å². The van der Waals surface area contributed by atoms with Crippen molar-refractivity contribution in [1.29, 1.82) is 0 Å². The maximum atomic E-state index is 9.55. The van der Waals surface area contributed by atoms with Gasteiger partial charge in [0.25, 0.3) is 0 Å². The van der Waals surface area contributed by atoms with Crippen molar-refractivity contribution in [1.82, 2.24) is 0 Å². The Morgan fingerprint density at radius 2 is 1.84 bits per heavy atom. The molecule has 1 aromatic carbocycles. The minimum Gasteiger partial charge on any atom is -0.504 e. The first-order valence-corrected chi connectivity index (χ1v) is 6.55. The van der Waals surface area contributed by atoms with Crippen LogP contribution in [0.3, 0.4) is 0 Å². The summed E-state index contributed by atoms with van der Waals surface area (Å²) in [5.74, 6) is 0.617. The highest BCUT2D eigenvalue weighted by molar-refractivity contribution is 5.81. The lowest BCUT2D eigenvalue weighted by Crippen LogP contribution is -2.25. The van der Waals surface area contributed by atoms with Crippen LogP contribution in [-0.4, -0.2) is 24.0 Å². The smallest absolute Gasteiger partial charge is 0.161 e. The van der Waals surface area contributed by atoms with Gasteiger partial charge in [-0.25, -0.2) is 0 Å². The van der Waals surface area contributed by atoms with Crippen LogP contribution in [0.1, 0.15) is 46.6 Å². The Morgan fingerprint density at radius 3 is 2.37 bits per heavy atom. The molecule has 0 aliphatic heterocycles. The van der Waals surface area contributed by atoms with Gasteiger partial charge in [-0.05, 0) is 49.4 Å². The van der Waals surface area contributed by atoms with Crippen molar-refractivity contribution in [3.05, 3.63) is 23.8 Å². The van der Waals surface area contributed by atoms with Crippen LogP contribution < -0.4 is 4.74 Å². The van der Waals surface area contributed by atoms with Gasteiger partial charge in [-0.1, -0.05) is 20.8 Å². The van der Waals surface area contributed by atoms with E-state index in [0.717, 1.165) is 12.0 Å². The number of hydrogen-bond donors (Lipinski definition) is 1. The molecule has 0 spiro atoms. The Bertz CT molecular complexity index is 456. The predicted molar refractivity (Wildman–Crippen MR) is 80.4 cm³/mol. The standard InChI is InChI=1S/C16H25NO2/c1-15(2,3)11-16(4,5)17-10-12-7-8-13(18)14(9-12)19-6/h7-10,18H,11H2,1-6H3/b17-10+. The van der Waals surface area contributed by atoms with Crippen LogP contribution in [0, 0.1) is 5.41 Å². The molecule has 0 radical (unpaired) electrons. The van der Waals surface area contributed by atoms with Crippen molar-refractivity contribution in [2.45, 2.75) is 46.6 Å². The summed E-state index contributed by atoms with van der Waals surface area (Å²) >= 11 is 0. The molecule has 0 heterocycles. The zero-order chi connectivity index (χ0) is 14.7. The highest BCUT2D eigenvalue weighted by atomic mass is 16.5. The van der Waals surface area contributed by atoms with Gasteiger partial charge in [-0.15, -0.1) is 0 Å². The van der Waals surface area contributed by atoms with Gasteiger partial charge in [0.05, 0.1) is 12.6 Å². The third-order valence-corrected chi connectivity index (χ3v) is 2.73. The summed E-state index contributed by atoms with van der Waals surface area (Å²) in [6, 6.07) is 5.23. The summed E-state index contributed by atoms with van der Waals surface area (Å²) in [7, 11) is 1.54. The number of phenolic OH excluding ortho intramolecular Hbond substituents is 1. The number of methoxy groups -OCH3 is 1. The van der Waals surface area contributed by atoms with Crippen LogP contribution in [0.4, 0.5) is 0 Å². The lowest BCUT2D eigenvalue weighted by atomic mass is 9.82. The molecule has 1 aromatic rings. The monoisotopic (exact) mass is 263 g/mol. The van der Waals surface area contributed by atoms with E-state index in [9.17, 15) is 5.11 Å². The zero-order valence-electron chi connectivity index (χ0n) is 12.8. The van der Waals surface area contributed by atoms with Crippen LogP contribution in [0.2, 0.25) is 0 Å². The van der Waals surface area contributed by atoms with Gasteiger partial charge in [-0.3, -0.25) is 4.99 Å². The molecule has 0 bridgehead atoms. The molecule has 1 rings (SSSR count). The van der Waals surface area contributed by atoms with E-state index < -0.39 is 0 Å². The Balaban J connectivity index is 2.86. The minimum absolute atomic E-state index is 0.108. The molecule has 0 atom stereocenters. The summed E-state index contributed by atoms with van der Waals surface area (Å²) in [5.41, 5.74) is 1.06. The number of ether oxygens (including phenoxy) is 1. The SMILES string of the molecule is COc1cc(/C=N/C(C)(C)CC(C)(C)C)ccc1O. The summed E-state index contributed by atoms with van der Waals surface area (Å²) in [6.45, 7) is 10.9. The van der Waals surface area contributed by atoms with E-state index in [0.29, 0.717) is 5.75 Å². The van der Waals surface area contributed by atoms with Crippen LogP contribution in [-0.2, 0) is 0 Å². The van der Waals surface area contributed by atoms with Crippen molar-refractivity contribution >= 4 is 6.21 Å². The summed E-state index contributed by atoms with van der Waals surface area (Å²) < 4.78 is 5.09. The van der Waals surface area contributed by atoms with Gasteiger partial charge in [0.15, 0.2) is 11.5 Å². The fourth-order valence-electron chi connectivity index (χ4n) is 2.37. The van der Waals surface area contributed by atoms with E-state index in [4.69, 9.17) is 4.74 Å². The van der Waals surface area contributed by atoms with E-state index >= 15 is 0 Å². The normalized spacial score (nSPS) is 12.9. The van der Waals surface area contributed by atoms with Gasteiger partial charge in [0, 0.05) is 6.21 Å².